The van der Waals surface area contributed by atoms with Crippen molar-refractivity contribution in [1.82, 2.24) is 19.0 Å². The van der Waals surface area contributed by atoms with E-state index in [-0.39, 0.29) is 28.6 Å². The Hall–Kier alpha value is -4.82. The molecule has 0 N–H and O–H groups in total. The number of terminal acetylenes is 1. The third-order valence-electron chi connectivity index (χ3n) is 6.65. The molecule has 1 aromatic carbocycles. The van der Waals surface area contributed by atoms with Crippen LogP contribution in [0, 0.1) is 29.1 Å². The summed E-state index contributed by atoms with van der Waals surface area (Å²) in [5, 5.41) is 9.68. The van der Waals surface area contributed by atoms with E-state index in [1.54, 1.807) is 62.9 Å². The van der Waals surface area contributed by atoms with E-state index in [0.717, 1.165) is 18.4 Å². The van der Waals surface area contributed by atoms with Crippen LogP contribution in [0.2, 0.25) is 0 Å². The van der Waals surface area contributed by atoms with Gasteiger partial charge in [0.25, 0.3) is 5.91 Å². The molecule has 1 aliphatic rings. The molecular formula is C32H33N5O3. The number of likely N-dealkylation sites (tertiary alicyclic amines) is 1. The number of nitriles is 1. The van der Waals surface area contributed by atoms with Crippen LogP contribution in [0.4, 0.5) is 0 Å². The lowest BCUT2D eigenvalue weighted by Gasteiger charge is -2.25. The Kier molecular flexibility index (Phi) is 8.40. The molecule has 1 atom stereocenters. The molecule has 4 rings (SSSR count). The zero-order chi connectivity index (χ0) is 28.9. The normalized spacial score (nSPS) is 16.4. The van der Waals surface area contributed by atoms with Crippen molar-refractivity contribution < 1.29 is 9.53 Å². The number of ether oxygens (including phenoxy) is 1. The van der Waals surface area contributed by atoms with Crippen LogP contribution >= 0.6 is 0 Å². The Morgan fingerprint density at radius 3 is 2.62 bits per heavy atom. The summed E-state index contributed by atoms with van der Waals surface area (Å²) >= 11 is 0. The number of amides is 1. The molecule has 3 aromatic rings. The first-order valence-corrected chi connectivity index (χ1v) is 13.2. The topological polar surface area (TPSA) is 93.1 Å². The summed E-state index contributed by atoms with van der Waals surface area (Å²) in [6.07, 6.45) is 17.0. The van der Waals surface area contributed by atoms with Gasteiger partial charge >= 0.3 is 5.69 Å². The van der Waals surface area contributed by atoms with Gasteiger partial charge in [0.2, 0.25) is 0 Å². The van der Waals surface area contributed by atoms with Crippen LogP contribution in [0.3, 0.4) is 0 Å². The van der Waals surface area contributed by atoms with Crippen LogP contribution in [0.5, 0.6) is 5.75 Å². The molecule has 1 aliphatic heterocycles. The molecule has 1 saturated heterocycles. The number of allylic oxidation sites excluding steroid dienone is 4. The van der Waals surface area contributed by atoms with Crippen molar-refractivity contribution in [2.75, 3.05) is 6.54 Å². The van der Waals surface area contributed by atoms with E-state index in [1.807, 2.05) is 45.9 Å². The van der Waals surface area contributed by atoms with Crippen LogP contribution < -0.4 is 10.4 Å². The van der Waals surface area contributed by atoms with E-state index < -0.39 is 0 Å². The summed E-state index contributed by atoms with van der Waals surface area (Å²) in [6.45, 7) is 8.59. The average molecular weight is 536 g/mol. The number of rotatable bonds is 7. The van der Waals surface area contributed by atoms with Crippen LogP contribution in [0.15, 0.2) is 83.2 Å². The number of nitrogens with zero attached hydrogens (tertiary/aromatic N) is 5. The Bertz CT molecular complexity index is 1630. The smallest absolute Gasteiger partial charge is 0.333 e. The van der Waals surface area contributed by atoms with Crippen LogP contribution in [0.25, 0.3) is 16.7 Å². The maximum Gasteiger partial charge on any atom is 0.333 e. The minimum atomic E-state index is -0.305. The summed E-state index contributed by atoms with van der Waals surface area (Å²) in [7, 11) is 0. The summed E-state index contributed by atoms with van der Waals surface area (Å²) in [5.41, 5.74) is 1.65. The van der Waals surface area contributed by atoms with E-state index in [1.165, 1.54) is 0 Å². The fourth-order valence-electron chi connectivity index (χ4n) is 4.88. The van der Waals surface area contributed by atoms with Gasteiger partial charge in [-0.3, -0.25) is 18.9 Å². The molecule has 0 saturated carbocycles. The molecule has 40 heavy (non-hydrogen) atoms. The van der Waals surface area contributed by atoms with Crippen molar-refractivity contribution in [2.45, 2.75) is 53.1 Å². The lowest BCUT2D eigenvalue weighted by molar-refractivity contribution is -0.127. The first-order valence-electron chi connectivity index (χ1n) is 13.2. The van der Waals surface area contributed by atoms with Crippen molar-refractivity contribution in [3.8, 4) is 29.8 Å². The van der Waals surface area contributed by atoms with E-state index in [9.17, 15) is 14.9 Å². The Morgan fingerprint density at radius 2 is 1.98 bits per heavy atom. The predicted octanol–water partition coefficient (Wildman–Crippen LogP) is 5.15. The van der Waals surface area contributed by atoms with E-state index in [0.29, 0.717) is 35.8 Å². The number of hydrogen-bond donors (Lipinski definition) is 0. The predicted molar refractivity (Wildman–Crippen MR) is 156 cm³/mol. The Labute approximate surface area is 234 Å². The van der Waals surface area contributed by atoms with Crippen molar-refractivity contribution >= 4 is 16.9 Å². The molecule has 1 fully saturated rings. The van der Waals surface area contributed by atoms with Crippen molar-refractivity contribution in [3.63, 3.8) is 0 Å². The van der Waals surface area contributed by atoms with Crippen molar-refractivity contribution in [2.24, 2.45) is 5.41 Å². The molecule has 2 aromatic heterocycles. The maximum absolute atomic E-state index is 13.8. The second kappa shape index (κ2) is 11.9. The number of carbonyl (C=O) groups is 1. The molecule has 0 bridgehead atoms. The Morgan fingerprint density at radius 1 is 1.23 bits per heavy atom. The Balaban J connectivity index is 1.66. The van der Waals surface area contributed by atoms with Gasteiger partial charge in [0.05, 0.1) is 29.0 Å². The second-order valence-corrected chi connectivity index (χ2v) is 10.7. The number of fused-ring (bicyclic) bond motifs is 1. The van der Waals surface area contributed by atoms with Gasteiger partial charge < -0.3 is 9.64 Å². The average Bonchev–Trinajstić information content (AvgIpc) is 3.51. The molecule has 0 spiro atoms. The number of hydrogen-bond acceptors (Lipinski definition) is 5. The van der Waals surface area contributed by atoms with Gasteiger partial charge in [-0.2, -0.15) is 5.26 Å². The highest BCUT2D eigenvalue weighted by atomic mass is 16.5. The maximum atomic E-state index is 13.8. The molecule has 8 heteroatoms. The van der Waals surface area contributed by atoms with Crippen LogP contribution in [0.1, 0.15) is 40.5 Å². The first-order chi connectivity index (χ1) is 19.2. The lowest BCUT2D eigenvalue weighted by Crippen LogP contribution is -2.40. The van der Waals surface area contributed by atoms with Gasteiger partial charge in [0.1, 0.15) is 23.2 Å². The summed E-state index contributed by atoms with van der Waals surface area (Å²) < 4.78 is 9.18. The third kappa shape index (κ3) is 6.08. The minimum absolute atomic E-state index is 0.136. The molecule has 1 unspecified atom stereocenters. The monoisotopic (exact) mass is 535 g/mol. The lowest BCUT2D eigenvalue weighted by atomic mass is 9.93. The van der Waals surface area contributed by atoms with Gasteiger partial charge in [-0.1, -0.05) is 32.8 Å². The first kappa shape index (κ1) is 28.2. The standard InChI is InChI=1S/C32H33N5O3/c1-6-8-11-26(7-2)40-27-14-12-24(13-15-27)37-29-21-34-17-16-28(29)36(31(37)39)22-25-10-9-18-35(25)30(38)23(20-33)19-32(3,4)5/h1,7-8,11-17,19,21,25H,9-10,18,22H2,2-5H3/b11-8-,23-19-,26-7+. The fourth-order valence-corrected chi connectivity index (χ4v) is 4.88. The summed E-state index contributed by atoms with van der Waals surface area (Å²) in [6, 6.07) is 10.9. The number of aromatic nitrogens is 3. The van der Waals surface area contributed by atoms with E-state index >= 15 is 0 Å². The van der Waals surface area contributed by atoms with Gasteiger partial charge in [-0.15, -0.1) is 6.42 Å². The zero-order valence-corrected chi connectivity index (χ0v) is 23.3. The number of pyridine rings is 1. The quantitative estimate of drug-likeness (QED) is 0.137. The van der Waals surface area contributed by atoms with Crippen molar-refractivity contribution in [1.29, 1.82) is 5.26 Å². The van der Waals surface area contributed by atoms with Crippen LogP contribution in [-0.4, -0.2) is 37.5 Å². The second-order valence-electron chi connectivity index (χ2n) is 10.7. The SMILES string of the molecule is C#C/C=C\C(=C/C)Oc1ccc(-n2c(=O)n(CC3CCCN3C(=O)/C(C#N)=C\C(C)(C)C)c3ccncc32)cc1. The van der Waals surface area contributed by atoms with Gasteiger partial charge in [0, 0.05) is 19.3 Å². The molecular weight excluding hydrogens is 502 g/mol. The molecule has 0 aliphatic carbocycles. The van der Waals surface area contributed by atoms with Crippen molar-refractivity contribution in [3.05, 3.63) is 88.8 Å². The van der Waals surface area contributed by atoms with Gasteiger partial charge in [-0.25, -0.2) is 4.79 Å². The molecule has 3 heterocycles. The third-order valence-corrected chi connectivity index (χ3v) is 6.65. The summed E-state index contributed by atoms with van der Waals surface area (Å²) in [5.74, 6) is 3.36. The number of benzene rings is 1. The zero-order valence-electron chi connectivity index (χ0n) is 23.3. The molecule has 0 radical (unpaired) electrons. The molecule has 8 nitrogen and oxygen atoms in total. The van der Waals surface area contributed by atoms with Gasteiger partial charge in [0.15, 0.2) is 0 Å². The molecule has 1 amide bonds. The number of imidazole rings is 1. The summed E-state index contributed by atoms with van der Waals surface area (Å²) in [4.78, 5) is 33.1. The molecule has 204 valence electrons. The minimum Gasteiger partial charge on any atom is -0.458 e. The highest BCUT2D eigenvalue weighted by Gasteiger charge is 2.32. The van der Waals surface area contributed by atoms with E-state index in [4.69, 9.17) is 11.2 Å². The fraction of sp³-hybridized carbons (Fsp3) is 0.312. The van der Waals surface area contributed by atoms with Crippen LogP contribution in [-0.2, 0) is 11.3 Å². The highest BCUT2D eigenvalue weighted by Crippen LogP contribution is 2.26. The number of carbonyl (C=O) groups excluding carboxylic acids is 1. The van der Waals surface area contributed by atoms with E-state index in [2.05, 4.69) is 17.0 Å². The van der Waals surface area contributed by atoms with Gasteiger partial charge in [-0.05, 0) is 73.7 Å². The largest absolute Gasteiger partial charge is 0.458 e. The highest BCUT2D eigenvalue weighted by molar-refractivity contribution is 5.97.